The van der Waals surface area contributed by atoms with E-state index in [2.05, 4.69) is 24.4 Å². The van der Waals surface area contributed by atoms with Crippen LogP contribution in [0.3, 0.4) is 0 Å². The van der Waals surface area contributed by atoms with E-state index in [9.17, 15) is 9.59 Å². The zero-order chi connectivity index (χ0) is 20.5. The molecule has 0 saturated carbocycles. The quantitative estimate of drug-likeness (QED) is 0.643. The molecule has 2 rings (SSSR count). The first-order valence-corrected chi connectivity index (χ1v) is 10.4. The Morgan fingerprint density at radius 3 is 2.46 bits per heavy atom. The Bertz CT molecular complexity index is 804. The van der Waals surface area contributed by atoms with Crippen LogP contribution in [-0.4, -0.2) is 48.9 Å². The summed E-state index contributed by atoms with van der Waals surface area (Å²) in [4.78, 5) is 25.4. The number of hydrogen-bond donors (Lipinski definition) is 1. The van der Waals surface area contributed by atoms with E-state index >= 15 is 0 Å². The molecule has 0 heterocycles. The van der Waals surface area contributed by atoms with Gasteiger partial charge in [-0.3, -0.25) is 9.59 Å². The van der Waals surface area contributed by atoms with E-state index in [0.29, 0.717) is 23.6 Å². The zero-order valence-electron chi connectivity index (χ0n) is 17.0. The van der Waals surface area contributed by atoms with Gasteiger partial charge in [0.2, 0.25) is 5.91 Å². The molecule has 0 aliphatic carbocycles. The molecule has 28 heavy (non-hydrogen) atoms. The van der Waals surface area contributed by atoms with E-state index in [4.69, 9.17) is 4.74 Å². The van der Waals surface area contributed by atoms with E-state index in [1.807, 2.05) is 13.0 Å². The van der Waals surface area contributed by atoms with E-state index < -0.39 is 0 Å². The summed E-state index contributed by atoms with van der Waals surface area (Å²) in [5.74, 6) is 2.07. The number of ether oxygens (including phenoxy) is 1. The maximum Gasteiger partial charge on any atom is 0.253 e. The molecule has 2 aromatic carbocycles. The van der Waals surface area contributed by atoms with Crippen LogP contribution in [0.2, 0.25) is 0 Å². The van der Waals surface area contributed by atoms with Gasteiger partial charge in [-0.1, -0.05) is 12.1 Å². The second kappa shape index (κ2) is 10.8. The monoisotopic (exact) mass is 400 g/mol. The predicted octanol–water partition coefficient (Wildman–Crippen LogP) is 4.15. The van der Waals surface area contributed by atoms with Crippen LogP contribution in [0, 0.1) is 13.8 Å². The number of rotatable bonds is 9. The number of hydrogen-bond acceptors (Lipinski definition) is 4. The SMILES string of the molecule is Cc1ccc(C)c(OCCCSCC(=O)Nc2ccc(C(=O)N(C)C)cc2)c1. The van der Waals surface area contributed by atoms with Crippen molar-refractivity contribution < 1.29 is 14.3 Å². The fourth-order valence-electron chi connectivity index (χ4n) is 2.52. The molecule has 0 aromatic heterocycles. The predicted molar refractivity (Wildman–Crippen MR) is 116 cm³/mol. The molecule has 0 fully saturated rings. The van der Waals surface area contributed by atoms with Crippen molar-refractivity contribution in [2.24, 2.45) is 0 Å². The maximum atomic E-state index is 12.0. The van der Waals surface area contributed by atoms with Crippen molar-refractivity contribution in [3.63, 3.8) is 0 Å². The van der Waals surface area contributed by atoms with E-state index in [0.717, 1.165) is 23.5 Å². The highest BCUT2D eigenvalue weighted by Crippen LogP contribution is 2.19. The Morgan fingerprint density at radius 1 is 1.07 bits per heavy atom. The number of anilines is 1. The lowest BCUT2D eigenvalue weighted by atomic mass is 10.1. The standard InChI is InChI=1S/C22H28N2O3S/c1-16-6-7-17(2)20(14-16)27-12-5-13-28-15-21(25)23-19-10-8-18(9-11-19)22(26)24(3)4/h6-11,14H,5,12-13,15H2,1-4H3,(H,23,25). The molecule has 2 aromatic rings. The van der Waals surface area contributed by atoms with Crippen molar-refractivity contribution in [1.82, 2.24) is 4.90 Å². The lowest BCUT2D eigenvalue weighted by molar-refractivity contribution is -0.113. The molecular formula is C22H28N2O3S. The Balaban J connectivity index is 1.65. The fraction of sp³-hybridized carbons (Fsp3) is 0.364. The van der Waals surface area contributed by atoms with Gasteiger partial charge in [0.05, 0.1) is 12.4 Å². The topological polar surface area (TPSA) is 58.6 Å². The average molecular weight is 401 g/mol. The minimum atomic E-state index is -0.0588. The smallest absolute Gasteiger partial charge is 0.253 e. The summed E-state index contributed by atoms with van der Waals surface area (Å²) in [6, 6.07) is 13.1. The molecule has 150 valence electrons. The van der Waals surface area contributed by atoms with Gasteiger partial charge in [-0.05, 0) is 67.5 Å². The number of nitrogens with one attached hydrogen (secondary N) is 1. The minimum absolute atomic E-state index is 0.0490. The van der Waals surface area contributed by atoms with Crippen molar-refractivity contribution in [2.45, 2.75) is 20.3 Å². The molecule has 1 N–H and O–H groups in total. The molecule has 0 aliphatic heterocycles. The van der Waals surface area contributed by atoms with Crippen LogP contribution in [0.25, 0.3) is 0 Å². The van der Waals surface area contributed by atoms with Gasteiger partial charge in [0, 0.05) is 25.3 Å². The third kappa shape index (κ3) is 6.93. The number of carbonyl (C=O) groups is 2. The van der Waals surface area contributed by atoms with Gasteiger partial charge in [-0.25, -0.2) is 0 Å². The maximum absolute atomic E-state index is 12.0. The molecule has 0 spiro atoms. The van der Waals surface area contributed by atoms with Gasteiger partial charge >= 0.3 is 0 Å². The third-order valence-electron chi connectivity index (χ3n) is 4.09. The molecular weight excluding hydrogens is 372 g/mol. The summed E-state index contributed by atoms with van der Waals surface area (Å²) in [6.45, 7) is 4.73. The Morgan fingerprint density at radius 2 is 1.79 bits per heavy atom. The normalized spacial score (nSPS) is 10.4. The lowest BCUT2D eigenvalue weighted by Crippen LogP contribution is -2.21. The highest BCUT2D eigenvalue weighted by atomic mass is 32.2. The first-order chi connectivity index (χ1) is 13.4. The number of amides is 2. The van der Waals surface area contributed by atoms with Gasteiger partial charge in [-0.15, -0.1) is 0 Å². The number of benzene rings is 2. The molecule has 2 amide bonds. The zero-order valence-corrected chi connectivity index (χ0v) is 17.8. The second-order valence-electron chi connectivity index (χ2n) is 6.85. The summed E-state index contributed by atoms with van der Waals surface area (Å²) in [5, 5.41) is 2.85. The Hall–Kier alpha value is -2.47. The highest BCUT2D eigenvalue weighted by molar-refractivity contribution is 7.99. The number of nitrogens with zero attached hydrogens (tertiary/aromatic N) is 1. The van der Waals surface area contributed by atoms with Gasteiger partial charge in [-0.2, -0.15) is 11.8 Å². The molecule has 0 aliphatic rings. The van der Waals surface area contributed by atoms with E-state index in [1.54, 1.807) is 50.1 Å². The van der Waals surface area contributed by atoms with Gasteiger partial charge in [0.25, 0.3) is 5.91 Å². The van der Waals surface area contributed by atoms with Crippen molar-refractivity contribution >= 4 is 29.3 Å². The van der Waals surface area contributed by atoms with Gasteiger partial charge in [0.1, 0.15) is 5.75 Å². The second-order valence-corrected chi connectivity index (χ2v) is 7.95. The van der Waals surface area contributed by atoms with Gasteiger partial charge in [0.15, 0.2) is 0 Å². The van der Waals surface area contributed by atoms with Crippen molar-refractivity contribution in [3.8, 4) is 5.75 Å². The van der Waals surface area contributed by atoms with Crippen LogP contribution in [0.1, 0.15) is 27.9 Å². The number of thioether (sulfide) groups is 1. The van der Waals surface area contributed by atoms with E-state index in [-0.39, 0.29) is 11.8 Å². The molecule has 0 atom stereocenters. The van der Waals surface area contributed by atoms with Gasteiger partial charge < -0.3 is 15.0 Å². The molecule has 5 nitrogen and oxygen atoms in total. The van der Waals surface area contributed by atoms with E-state index in [1.165, 1.54) is 10.5 Å². The van der Waals surface area contributed by atoms with Crippen LogP contribution in [0.15, 0.2) is 42.5 Å². The summed E-state index contributed by atoms with van der Waals surface area (Å²) >= 11 is 1.58. The largest absolute Gasteiger partial charge is 0.493 e. The van der Waals surface area contributed by atoms with Crippen LogP contribution < -0.4 is 10.1 Å². The van der Waals surface area contributed by atoms with Crippen LogP contribution in [0.5, 0.6) is 5.75 Å². The first-order valence-electron chi connectivity index (χ1n) is 9.26. The lowest BCUT2D eigenvalue weighted by Gasteiger charge is -2.11. The number of carbonyl (C=O) groups excluding carboxylic acids is 2. The average Bonchev–Trinajstić information content (AvgIpc) is 2.67. The summed E-state index contributed by atoms with van der Waals surface area (Å²) in [5.41, 5.74) is 3.61. The molecule has 0 unspecified atom stereocenters. The molecule has 0 radical (unpaired) electrons. The minimum Gasteiger partial charge on any atom is -0.493 e. The van der Waals surface area contributed by atoms with Crippen LogP contribution in [0.4, 0.5) is 5.69 Å². The van der Waals surface area contributed by atoms with Crippen molar-refractivity contribution in [3.05, 3.63) is 59.2 Å². The first kappa shape index (κ1) is 21.8. The summed E-state index contributed by atoms with van der Waals surface area (Å²) < 4.78 is 5.82. The highest BCUT2D eigenvalue weighted by Gasteiger charge is 2.08. The molecule has 0 bridgehead atoms. The third-order valence-corrected chi connectivity index (χ3v) is 5.13. The molecule has 6 heteroatoms. The van der Waals surface area contributed by atoms with Crippen molar-refractivity contribution in [1.29, 1.82) is 0 Å². The Kier molecular flexibility index (Phi) is 8.39. The summed E-state index contributed by atoms with van der Waals surface area (Å²) in [7, 11) is 3.42. The van der Waals surface area contributed by atoms with Crippen LogP contribution >= 0.6 is 11.8 Å². The van der Waals surface area contributed by atoms with Crippen molar-refractivity contribution in [2.75, 3.05) is 37.5 Å². The fourth-order valence-corrected chi connectivity index (χ4v) is 3.25. The summed E-state index contributed by atoms with van der Waals surface area (Å²) in [6.07, 6.45) is 0.882. The number of aryl methyl sites for hydroxylation is 2. The molecule has 0 saturated heterocycles. The van der Waals surface area contributed by atoms with Crippen LogP contribution in [-0.2, 0) is 4.79 Å². The Labute approximate surface area is 171 Å².